The highest BCUT2D eigenvalue weighted by molar-refractivity contribution is 6.65. The predicted molar refractivity (Wildman–Crippen MR) is 97.1 cm³/mol. The normalized spacial score (nSPS) is 22.5. The summed E-state index contributed by atoms with van der Waals surface area (Å²) in [5.74, 6) is -3.29. The van der Waals surface area contributed by atoms with Gasteiger partial charge in [-0.25, -0.2) is 8.78 Å². The first-order chi connectivity index (χ1) is 12.9. The summed E-state index contributed by atoms with van der Waals surface area (Å²) >= 11 is 0. The van der Waals surface area contributed by atoms with Crippen LogP contribution in [-0.2, 0) is 28.2 Å². The lowest BCUT2D eigenvalue weighted by molar-refractivity contribution is -0.145. The van der Waals surface area contributed by atoms with Gasteiger partial charge in [-0.2, -0.15) is 0 Å². The molecule has 1 aromatic carbocycles. The summed E-state index contributed by atoms with van der Waals surface area (Å²) in [6, 6.07) is 1.89. The maximum absolute atomic E-state index is 14.8. The molecule has 0 atom stereocenters. The minimum absolute atomic E-state index is 0.137. The van der Waals surface area contributed by atoms with E-state index in [2.05, 4.69) is 0 Å². The molecule has 0 aromatic heterocycles. The van der Waals surface area contributed by atoms with Gasteiger partial charge in [0.15, 0.2) is 0 Å². The van der Waals surface area contributed by atoms with Crippen LogP contribution in [0.3, 0.4) is 0 Å². The lowest BCUT2D eigenvalue weighted by Gasteiger charge is -2.32. The Morgan fingerprint density at radius 2 is 1.32 bits per heavy atom. The van der Waals surface area contributed by atoms with Crippen LogP contribution >= 0.6 is 0 Å². The molecular weight excluding hydrogens is 374 g/mol. The second-order valence-electron chi connectivity index (χ2n) is 7.97. The molecule has 11 heteroatoms. The van der Waals surface area contributed by atoms with Crippen molar-refractivity contribution in [3.63, 3.8) is 0 Å². The molecule has 0 aliphatic carbocycles. The van der Waals surface area contributed by atoms with Gasteiger partial charge in [-0.3, -0.25) is 14.5 Å². The van der Waals surface area contributed by atoms with E-state index in [4.69, 9.17) is 18.6 Å². The van der Waals surface area contributed by atoms with Crippen LogP contribution < -0.4 is 10.9 Å². The first kappa shape index (κ1) is 20.8. The van der Waals surface area contributed by atoms with Crippen molar-refractivity contribution in [3.8, 4) is 0 Å². The molecule has 2 saturated heterocycles. The van der Waals surface area contributed by atoms with E-state index >= 15 is 0 Å². The Kier molecular flexibility index (Phi) is 5.28. The minimum Gasteiger partial charge on any atom is -0.494 e. The fraction of sp³-hybridized carbons (Fsp3) is 0.529. The fourth-order valence-corrected chi connectivity index (χ4v) is 2.90. The van der Waals surface area contributed by atoms with Gasteiger partial charge in [0.05, 0.1) is 29.8 Å². The van der Waals surface area contributed by atoms with Crippen molar-refractivity contribution >= 4 is 37.1 Å². The highest BCUT2D eigenvalue weighted by Gasteiger charge is 2.53. The molecule has 28 heavy (non-hydrogen) atoms. The van der Waals surface area contributed by atoms with E-state index in [-0.39, 0.29) is 18.6 Å². The zero-order chi connectivity index (χ0) is 20.9. The first-order valence-corrected chi connectivity index (χ1v) is 8.81. The van der Waals surface area contributed by atoms with E-state index in [0.717, 1.165) is 12.1 Å². The molecule has 0 radical (unpaired) electrons. The third-order valence-corrected chi connectivity index (χ3v) is 5.14. The van der Waals surface area contributed by atoms with Crippen LogP contribution in [0, 0.1) is 11.6 Å². The number of rotatable bonds is 2. The molecule has 150 valence electrons. The van der Waals surface area contributed by atoms with E-state index in [1.165, 1.54) is 4.90 Å². The van der Waals surface area contributed by atoms with Gasteiger partial charge in [-0.05, 0) is 46.9 Å². The zero-order valence-corrected chi connectivity index (χ0v) is 16.4. The molecule has 0 spiro atoms. The van der Waals surface area contributed by atoms with Crippen LogP contribution in [0.5, 0.6) is 0 Å². The van der Waals surface area contributed by atoms with Crippen LogP contribution in [0.1, 0.15) is 27.7 Å². The van der Waals surface area contributed by atoms with Crippen molar-refractivity contribution < 1.29 is 37.0 Å². The Labute approximate surface area is 162 Å². The Morgan fingerprint density at radius 3 is 1.75 bits per heavy atom. The molecule has 0 saturated carbocycles. The van der Waals surface area contributed by atoms with Crippen LogP contribution in [0.4, 0.5) is 8.78 Å². The van der Waals surface area contributed by atoms with E-state index in [1.807, 2.05) is 0 Å². The topological polar surface area (TPSA) is 74.3 Å². The molecular formula is C17H21B2F2NO6. The fourth-order valence-electron chi connectivity index (χ4n) is 2.90. The Hall–Kier alpha value is -1.97. The lowest BCUT2D eigenvalue weighted by atomic mass is 9.72. The summed E-state index contributed by atoms with van der Waals surface area (Å²) in [5.41, 5.74) is -2.08. The van der Waals surface area contributed by atoms with E-state index < -0.39 is 54.5 Å². The molecule has 7 nitrogen and oxygen atoms in total. The van der Waals surface area contributed by atoms with Gasteiger partial charge in [0, 0.05) is 5.46 Å². The number of halogens is 2. The van der Waals surface area contributed by atoms with Crippen molar-refractivity contribution in [3.05, 3.63) is 23.8 Å². The van der Waals surface area contributed by atoms with Crippen LogP contribution in [0.15, 0.2) is 12.1 Å². The van der Waals surface area contributed by atoms with E-state index in [9.17, 15) is 18.4 Å². The quantitative estimate of drug-likeness (QED) is 0.653. The molecule has 2 fully saturated rings. The molecule has 0 unspecified atom stereocenters. The van der Waals surface area contributed by atoms with Crippen molar-refractivity contribution in [2.45, 2.75) is 38.9 Å². The van der Waals surface area contributed by atoms with Gasteiger partial charge >= 0.3 is 26.2 Å². The van der Waals surface area contributed by atoms with E-state index in [0.29, 0.717) is 0 Å². The maximum Gasteiger partial charge on any atom is 0.636 e. The second-order valence-corrected chi connectivity index (χ2v) is 7.97. The van der Waals surface area contributed by atoms with Crippen LogP contribution in [-0.4, -0.2) is 62.4 Å². The number of nitrogens with zero attached hydrogens (tertiary/aromatic N) is 1. The summed E-state index contributed by atoms with van der Waals surface area (Å²) < 4.78 is 51.0. The standard InChI is InChI=1S/C17H21B2F2NO6/c1-16(2)17(3,4)28-19(27-16)15-11(20)6-10(7-12(15)21)18-25-13(23)8-22(5)9-14(24)26-18/h6-7H,8-9H2,1-5H3. The highest BCUT2D eigenvalue weighted by atomic mass is 19.1. The smallest absolute Gasteiger partial charge is 0.494 e. The molecule has 0 N–H and O–H groups in total. The van der Waals surface area contributed by atoms with Gasteiger partial charge in [-0.15, -0.1) is 0 Å². The molecule has 2 heterocycles. The number of carbonyl (C=O) groups is 2. The van der Waals surface area contributed by atoms with Gasteiger partial charge in [0.25, 0.3) is 0 Å². The zero-order valence-electron chi connectivity index (χ0n) is 16.4. The van der Waals surface area contributed by atoms with Crippen molar-refractivity contribution in [2.75, 3.05) is 20.1 Å². The summed E-state index contributed by atoms with van der Waals surface area (Å²) in [6.07, 6.45) is 0. The predicted octanol–water partition coefficient (Wildman–Crippen LogP) is -0.00900. The third-order valence-electron chi connectivity index (χ3n) is 5.14. The highest BCUT2D eigenvalue weighted by Crippen LogP contribution is 2.36. The lowest BCUT2D eigenvalue weighted by Crippen LogP contribution is -2.49. The van der Waals surface area contributed by atoms with Crippen molar-refractivity contribution in [1.29, 1.82) is 0 Å². The second kappa shape index (κ2) is 7.13. The average Bonchev–Trinajstić information content (AvgIpc) is 2.71. The van der Waals surface area contributed by atoms with Gasteiger partial charge in [0.2, 0.25) is 0 Å². The van der Waals surface area contributed by atoms with Crippen LogP contribution in [0.2, 0.25) is 0 Å². The van der Waals surface area contributed by atoms with Crippen LogP contribution in [0.25, 0.3) is 0 Å². The molecule has 3 rings (SSSR count). The first-order valence-electron chi connectivity index (χ1n) is 8.81. The summed E-state index contributed by atoms with van der Waals surface area (Å²) in [5, 5.41) is 0. The average molecular weight is 395 g/mol. The Balaban J connectivity index is 1.90. The minimum atomic E-state index is -1.54. The Morgan fingerprint density at radius 1 is 0.893 bits per heavy atom. The van der Waals surface area contributed by atoms with E-state index in [1.54, 1.807) is 34.7 Å². The summed E-state index contributed by atoms with van der Waals surface area (Å²) in [6.45, 7) is 6.76. The maximum atomic E-state index is 14.8. The number of benzene rings is 1. The molecule has 2 aliphatic rings. The third kappa shape index (κ3) is 3.92. The van der Waals surface area contributed by atoms with Gasteiger partial charge in [-0.1, -0.05) is 0 Å². The molecule has 1 aromatic rings. The summed E-state index contributed by atoms with van der Waals surface area (Å²) in [7, 11) is -1.23. The SMILES string of the molecule is CN1CC(=O)OB(c2cc(F)c(B3OC(C)(C)C(C)(C)O3)c(F)c2)OC(=O)C1. The van der Waals surface area contributed by atoms with Crippen molar-refractivity contribution in [2.24, 2.45) is 0 Å². The van der Waals surface area contributed by atoms with Crippen molar-refractivity contribution in [1.82, 2.24) is 4.90 Å². The number of carbonyl (C=O) groups excluding carboxylic acids is 2. The number of likely N-dealkylation sites (N-methyl/N-ethyl adjacent to an activating group) is 1. The Bertz CT molecular complexity index is 760. The number of hydrogen-bond donors (Lipinski definition) is 0. The summed E-state index contributed by atoms with van der Waals surface area (Å²) in [4.78, 5) is 25.1. The monoisotopic (exact) mass is 395 g/mol. The van der Waals surface area contributed by atoms with Gasteiger partial charge in [0.1, 0.15) is 11.6 Å². The molecule has 0 amide bonds. The molecule has 0 bridgehead atoms. The molecule has 2 aliphatic heterocycles. The number of hydrogen-bond acceptors (Lipinski definition) is 7. The largest absolute Gasteiger partial charge is 0.636 e. The van der Waals surface area contributed by atoms with Gasteiger partial charge < -0.3 is 18.6 Å².